The zero-order valence-electron chi connectivity index (χ0n) is 14.5. The van der Waals surface area contributed by atoms with E-state index in [1.165, 1.54) is 0 Å². The first-order valence-corrected chi connectivity index (χ1v) is 9.26. The zero-order valence-corrected chi connectivity index (χ0v) is 16.0. The summed E-state index contributed by atoms with van der Waals surface area (Å²) < 4.78 is 5.56. The number of hydrogen-bond acceptors (Lipinski definition) is 3. The first-order chi connectivity index (χ1) is 13.1. The predicted molar refractivity (Wildman–Crippen MR) is 111 cm³/mol. The van der Waals surface area contributed by atoms with Crippen molar-refractivity contribution in [3.05, 3.63) is 76.3 Å². The average Bonchev–Trinajstić information content (AvgIpc) is 2.67. The lowest BCUT2D eigenvalue weighted by Gasteiger charge is -2.07. The fourth-order valence-corrected chi connectivity index (χ4v) is 3.06. The van der Waals surface area contributed by atoms with Gasteiger partial charge < -0.3 is 4.74 Å². The number of nitrogens with one attached hydrogen (secondary N) is 1. The van der Waals surface area contributed by atoms with Crippen LogP contribution < -0.4 is 10.2 Å². The van der Waals surface area contributed by atoms with Crippen molar-refractivity contribution in [2.24, 2.45) is 5.10 Å². The number of rotatable bonds is 7. The van der Waals surface area contributed by atoms with Gasteiger partial charge in [-0.25, -0.2) is 5.43 Å². The third kappa shape index (κ3) is 5.46. The van der Waals surface area contributed by atoms with Gasteiger partial charge in [-0.15, -0.1) is 0 Å². The highest BCUT2D eigenvalue weighted by Crippen LogP contribution is 2.27. The Labute approximate surface area is 167 Å². The Morgan fingerprint density at radius 1 is 1.07 bits per heavy atom. The molecule has 0 saturated heterocycles. The minimum absolute atomic E-state index is 0.169. The zero-order chi connectivity index (χ0) is 19.1. The van der Waals surface area contributed by atoms with E-state index in [1.54, 1.807) is 24.4 Å². The van der Waals surface area contributed by atoms with Crippen molar-refractivity contribution >= 4 is 46.1 Å². The van der Waals surface area contributed by atoms with Crippen LogP contribution >= 0.6 is 23.2 Å². The molecule has 0 unspecified atom stereocenters. The number of hydrazone groups is 1. The second kappa shape index (κ2) is 9.40. The summed E-state index contributed by atoms with van der Waals surface area (Å²) in [7, 11) is 0. The van der Waals surface area contributed by atoms with Gasteiger partial charge in [0.25, 0.3) is 0 Å². The molecule has 4 nitrogen and oxygen atoms in total. The summed E-state index contributed by atoms with van der Waals surface area (Å²) in [5.74, 6) is 0.382. The number of carbonyl (C=O) groups is 1. The number of amides is 1. The van der Waals surface area contributed by atoms with Crippen molar-refractivity contribution in [2.45, 2.75) is 12.8 Å². The average molecular weight is 401 g/mol. The molecular formula is C21H18Cl2N2O2. The molecule has 0 atom stereocenters. The van der Waals surface area contributed by atoms with Gasteiger partial charge in [0.05, 0.1) is 17.8 Å². The van der Waals surface area contributed by atoms with Crippen molar-refractivity contribution in [3.8, 4) is 5.75 Å². The Balaban J connectivity index is 1.45. The molecule has 27 heavy (non-hydrogen) atoms. The molecule has 0 bridgehead atoms. The van der Waals surface area contributed by atoms with Crippen LogP contribution in [-0.2, 0) is 4.79 Å². The molecule has 0 aliphatic rings. The summed E-state index contributed by atoms with van der Waals surface area (Å²) in [5, 5.41) is 7.27. The minimum Gasteiger partial charge on any atom is -0.492 e. The fraction of sp³-hybridized carbons (Fsp3) is 0.143. The molecule has 3 rings (SSSR count). The predicted octanol–water partition coefficient (Wildman–Crippen LogP) is 5.46. The first-order valence-electron chi connectivity index (χ1n) is 8.51. The van der Waals surface area contributed by atoms with Crippen LogP contribution in [-0.4, -0.2) is 18.7 Å². The third-order valence-electron chi connectivity index (χ3n) is 3.92. The van der Waals surface area contributed by atoms with Crippen molar-refractivity contribution in [2.75, 3.05) is 6.61 Å². The smallest absolute Gasteiger partial charge is 0.240 e. The quantitative estimate of drug-likeness (QED) is 0.325. The van der Waals surface area contributed by atoms with Crippen molar-refractivity contribution in [1.29, 1.82) is 0 Å². The van der Waals surface area contributed by atoms with E-state index in [9.17, 15) is 4.79 Å². The summed E-state index contributed by atoms with van der Waals surface area (Å²) in [6.07, 6.45) is 2.51. The Bertz CT molecular complexity index is 968. The van der Waals surface area contributed by atoms with Crippen molar-refractivity contribution in [3.63, 3.8) is 0 Å². The summed E-state index contributed by atoms with van der Waals surface area (Å²) >= 11 is 11.9. The molecule has 1 amide bonds. The van der Waals surface area contributed by atoms with E-state index in [-0.39, 0.29) is 5.91 Å². The van der Waals surface area contributed by atoms with Crippen LogP contribution in [0.1, 0.15) is 18.4 Å². The van der Waals surface area contributed by atoms with Gasteiger partial charge in [-0.3, -0.25) is 4.79 Å². The number of nitrogens with zero attached hydrogens (tertiary/aromatic N) is 1. The molecule has 0 spiro atoms. The SMILES string of the molecule is O=C(CCCOc1ccc(Cl)cc1Cl)N/N=C\c1cccc2ccccc12. The number of hydrogen-bond donors (Lipinski definition) is 1. The number of ether oxygens (including phenoxy) is 1. The normalized spacial score (nSPS) is 11.0. The molecule has 0 saturated carbocycles. The van der Waals surface area contributed by atoms with Crippen LogP contribution in [0.25, 0.3) is 10.8 Å². The third-order valence-corrected chi connectivity index (χ3v) is 4.45. The van der Waals surface area contributed by atoms with Gasteiger partial charge in [0.2, 0.25) is 5.91 Å². The highest BCUT2D eigenvalue weighted by atomic mass is 35.5. The molecule has 0 fully saturated rings. The van der Waals surface area contributed by atoms with E-state index in [2.05, 4.69) is 10.5 Å². The molecule has 3 aromatic rings. The summed E-state index contributed by atoms with van der Waals surface area (Å²) in [5.41, 5.74) is 3.50. The molecule has 0 aliphatic carbocycles. The maximum absolute atomic E-state index is 11.9. The van der Waals surface area contributed by atoms with Gasteiger partial charge in [0, 0.05) is 17.0 Å². The van der Waals surface area contributed by atoms with Gasteiger partial charge in [0.1, 0.15) is 5.75 Å². The fourth-order valence-electron chi connectivity index (χ4n) is 2.60. The van der Waals surface area contributed by atoms with Crippen LogP contribution in [0, 0.1) is 0 Å². The molecule has 3 aromatic carbocycles. The van der Waals surface area contributed by atoms with Crippen LogP contribution in [0.2, 0.25) is 10.0 Å². The molecular weight excluding hydrogens is 383 g/mol. The minimum atomic E-state index is -0.169. The maximum atomic E-state index is 11.9. The molecule has 138 valence electrons. The molecule has 0 aromatic heterocycles. The van der Waals surface area contributed by atoms with Crippen LogP contribution in [0.4, 0.5) is 0 Å². The molecule has 6 heteroatoms. The summed E-state index contributed by atoms with van der Waals surface area (Å²) in [6.45, 7) is 0.377. The van der Waals surface area contributed by atoms with Crippen LogP contribution in [0.15, 0.2) is 65.8 Å². The molecule has 0 aliphatic heterocycles. The Kier molecular flexibility index (Phi) is 6.69. The van der Waals surface area contributed by atoms with Gasteiger partial charge in [-0.05, 0) is 35.4 Å². The Hall–Kier alpha value is -2.56. The van der Waals surface area contributed by atoms with Crippen molar-refractivity contribution in [1.82, 2.24) is 5.43 Å². The van der Waals surface area contributed by atoms with Crippen molar-refractivity contribution < 1.29 is 9.53 Å². The van der Waals surface area contributed by atoms with Gasteiger partial charge >= 0.3 is 0 Å². The lowest BCUT2D eigenvalue weighted by atomic mass is 10.1. The highest BCUT2D eigenvalue weighted by Gasteiger charge is 2.04. The second-order valence-corrected chi connectivity index (χ2v) is 6.73. The van der Waals surface area contributed by atoms with Gasteiger partial charge in [0.15, 0.2) is 0 Å². The Morgan fingerprint density at radius 3 is 2.74 bits per heavy atom. The number of fused-ring (bicyclic) bond motifs is 1. The van der Waals surface area contributed by atoms with E-state index >= 15 is 0 Å². The Morgan fingerprint density at radius 2 is 1.89 bits per heavy atom. The van der Waals surface area contributed by atoms with Crippen LogP contribution in [0.3, 0.4) is 0 Å². The van der Waals surface area contributed by atoms with Crippen LogP contribution in [0.5, 0.6) is 5.75 Å². The molecule has 1 N–H and O–H groups in total. The van der Waals surface area contributed by atoms with Gasteiger partial charge in [-0.2, -0.15) is 5.10 Å². The monoisotopic (exact) mass is 400 g/mol. The maximum Gasteiger partial charge on any atom is 0.240 e. The standard InChI is InChI=1S/C21H18Cl2N2O2/c22-17-10-11-20(19(23)13-17)27-12-4-9-21(26)25-24-14-16-7-3-6-15-5-1-2-8-18(15)16/h1-3,5-8,10-11,13-14H,4,9,12H2,(H,25,26)/b24-14-. The van der Waals surface area contributed by atoms with E-state index in [0.717, 1.165) is 16.3 Å². The number of benzene rings is 3. The highest BCUT2D eigenvalue weighted by molar-refractivity contribution is 6.35. The first kappa shape index (κ1) is 19.2. The van der Waals surface area contributed by atoms with E-state index in [4.69, 9.17) is 27.9 Å². The summed E-state index contributed by atoms with van der Waals surface area (Å²) in [4.78, 5) is 11.9. The van der Waals surface area contributed by atoms with E-state index in [1.807, 2.05) is 42.5 Å². The number of halogens is 2. The largest absolute Gasteiger partial charge is 0.492 e. The topological polar surface area (TPSA) is 50.7 Å². The van der Waals surface area contributed by atoms with E-state index in [0.29, 0.717) is 35.2 Å². The lowest BCUT2D eigenvalue weighted by Crippen LogP contribution is -2.18. The number of carbonyl (C=O) groups excluding carboxylic acids is 1. The molecule has 0 radical (unpaired) electrons. The van der Waals surface area contributed by atoms with E-state index < -0.39 is 0 Å². The second-order valence-electron chi connectivity index (χ2n) is 5.89. The summed E-state index contributed by atoms with van der Waals surface area (Å²) in [6, 6.07) is 19.0. The van der Waals surface area contributed by atoms with Gasteiger partial charge in [-0.1, -0.05) is 65.7 Å². The lowest BCUT2D eigenvalue weighted by molar-refractivity contribution is -0.121. The molecule has 0 heterocycles.